The highest BCUT2D eigenvalue weighted by molar-refractivity contribution is 6.33. The Morgan fingerprint density at radius 1 is 0.900 bits per heavy atom. The van der Waals surface area contributed by atoms with Crippen LogP contribution in [0, 0.1) is 0 Å². The molecule has 0 spiro atoms. The van der Waals surface area contributed by atoms with Gasteiger partial charge in [-0.2, -0.15) is 0 Å². The lowest BCUT2D eigenvalue weighted by Crippen LogP contribution is -2.10. The summed E-state index contributed by atoms with van der Waals surface area (Å²) in [6, 6.07) is 18.2. The van der Waals surface area contributed by atoms with Crippen LogP contribution in [0.15, 0.2) is 54.6 Å². The van der Waals surface area contributed by atoms with Crippen molar-refractivity contribution in [1.29, 1.82) is 0 Å². The molecule has 0 saturated carbocycles. The van der Waals surface area contributed by atoms with Gasteiger partial charge in [-0.15, -0.1) is 0 Å². The fourth-order valence-corrected chi connectivity index (χ4v) is 2.19. The average molecular weight is 290 g/mol. The largest absolute Gasteiger partial charge is 0.382 e. The summed E-state index contributed by atoms with van der Waals surface area (Å²) in [6.45, 7) is 2.26. The number of nitrogens with one attached hydrogen (secondary N) is 1. The van der Waals surface area contributed by atoms with Crippen molar-refractivity contribution in [2.24, 2.45) is 0 Å². The highest BCUT2D eigenvalue weighted by Crippen LogP contribution is 2.19. The van der Waals surface area contributed by atoms with Crippen LogP contribution in [-0.2, 0) is 11.2 Å². The van der Waals surface area contributed by atoms with Crippen molar-refractivity contribution >= 4 is 17.3 Å². The van der Waals surface area contributed by atoms with Gasteiger partial charge in [0.2, 0.25) is 0 Å². The smallest absolute Gasteiger partial charge is 0.0639 e. The van der Waals surface area contributed by atoms with E-state index in [1.54, 1.807) is 0 Å². The van der Waals surface area contributed by atoms with E-state index in [9.17, 15) is 0 Å². The van der Waals surface area contributed by atoms with Crippen LogP contribution in [0.5, 0.6) is 0 Å². The molecule has 2 nitrogen and oxygen atoms in total. The molecule has 0 amide bonds. The highest BCUT2D eigenvalue weighted by Gasteiger charge is 1.97. The van der Waals surface area contributed by atoms with Gasteiger partial charge in [-0.3, -0.25) is 0 Å². The Bertz CT molecular complexity index is 501. The van der Waals surface area contributed by atoms with E-state index in [0.717, 1.165) is 36.7 Å². The maximum Gasteiger partial charge on any atom is 0.0639 e. The molecule has 0 aliphatic rings. The third-order valence-corrected chi connectivity index (χ3v) is 3.36. The molecule has 0 saturated heterocycles. The summed E-state index contributed by atoms with van der Waals surface area (Å²) in [6.07, 6.45) is 2.12. The minimum absolute atomic E-state index is 0.694. The van der Waals surface area contributed by atoms with Crippen molar-refractivity contribution in [1.82, 2.24) is 0 Å². The first-order valence-corrected chi connectivity index (χ1v) is 7.34. The van der Waals surface area contributed by atoms with Gasteiger partial charge in [0.15, 0.2) is 0 Å². The average Bonchev–Trinajstić information content (AvgIpc) is 2.49. The van der Waals surface area contributed by atoms with Crippen LogP contribution in [0.2, 0.25) is 5.02 Å². The quantitative estimate of drug-likeness (QED) is 0.727. The van der Waals surface area contributed by atoms with Crippen LogP contribution >= 0.6 is 11.6 Å². The highest BCUT2D eigenvalue weighted by atomic mass is 35.5. The Morgan fingerprint density at radius 2 is 1.65 bits per heavy atom. The van der Waals surface area contributed by atoms with Gasteiger partial charge >= 0.3 is 0 Å². The number of hydrogen-bond acceptors (Lipinski definition) is 2. The first kappa shape index (κ1) is 14.9. The van der Waals surface area contributed by atoms with Crippen molar-refractivity contribution in [2.45, 2.75) is 12.8 Å². The topological polar surface area (TPSA) is 21.3 Å². The predicted molar refractivity (Wildman–Crippen MR) is 85.5 cm³/mol. The number of para-hydroxylation sites is 1. The van der Waals surface area contributed by atoms with E-state index in [-0.39, 0.29) is 0 Å². The maximum atomic E-state index is 6.05. The van der Waals surface area contributed by atoms with Crippen LogP contribution in [-0.4, -0.2) is 19.8 Å². The molecule has 0 aliphatic carbocycles. The minimum atomic E-state index is 0.694. The number of anilines is 1. The number of rotatable bonds is 8. The number of ether oxygens (including phenoxy) is 1. The summed E-state index contributed by atoms with van der Waals surface area (Å²) < 4.78 is 5.61. The SMILES string of the molecule is Clc1ccccc1NCCOCCCc1ccccc1. The fraction of sp³-hybridized carbons (Fsp3) is 0.294. The summed E-state index contributed by atoms with van der Waals surface area (Å²) in [5, 5.41) is 4.01. The summed E-state index contributed by atoms with van der Waals surface area (Å²) in [4.78, 5) is 0. The Balaban J connectivity index is 1.53. The van der Waals surface area contributed by atoms with E-state index in [0.29, 0.717) is 6.61 Å². The molecule has 20 heavy (non-hydrogen) atoms. The number of aryl methyl sites for hydroxylation is 1. The fourth-order valence-electron chi connectivity index (χ4n) is 1.99. The van der Waals surface area contributed by atoms with E-state index < -0.39 is 0 Å². The molecule has 2 rings (SSSR count). The van der Waals surface area contributed by atoms with E-state index in [2.05, 4.69) is 29.6 Å². The number of hydrogen-bond donors (Lipinski definition) is 1. The van der Waals surface area contributed by atoms with Crippen LogP contribution in [0.4, 0.5) is 5.69 Å². The van der Waals surface area contributed by atoms with E-state index in [4.69, 9.17) is 16.3 Å². The summed E-state index contributed by atoms with van der Waals surface area (Å²) in [5.74, 6) is 0. The van der Waals surface area contributed by atoms with E-state index >= 15 is 0 Å². The Morgan fingerprint density at radius 3 is 2.45 bits per heavy atom. The Kier molecular flexibility index (Phi) is 6.42. The van der Waals surface area contributed by atoms with Gasteiger partial charge in [0.1, 0.15) is 0 Å². The molecule has 0 heterocycles. The Labute approximate surface area is 125 Å². The lowest BCUT2D eigenvalue weighted by atomic mass is 10.1. The first-order valence-electron chi connectivity index (χ1n) is 6.96. The molecule has 2 aromatic carbocycles. The van der Waals surface area contributed by atoms with Gasteiger partial charge in [-0.05, 0) is 30.5 Å². The Hall–Kier alpha value is -1.51. The van der Waals surface area contributed by atoms with Crippen molar-refractivity contribution in [3.8, 4) is 0 Å². The number of benzene rings is 2. The summed E-state index contributed by atoms with van der Waals surface area (Å²) >= 11 is 6.05. The zero-order chi connectivity index (χ0) is 14.0. The maximum absolute atomic E-state index is 6.05. The second kappa shape index (κ2) is 8.62. The third-order valence-electron chi connectivity index (χ3n) is 3.03. The molecule has 0 fully saturated rings. The normalized spacial score (nSPS) is 10.4. The van der Waals surface area contributed by atoms with Crippen LogP contribution in [0.25, 0.3) is 0 Å². The summed E-state index contributed by atoms with van der Waals surface area (Å²) in [7, 11) is 0. The minimum Gasteiger partial charge on any atom is -0.382 e. The van der Waals surface area contributed by atoms with Crippen molar-refractivity contribution in [3.05, 3.63) is 65.2 Å². The van der Waals surface area contributed by atoms with Crippen LogP contribution in [0.3, 0.4) is 0 Å². The van der Waals surface area contributed by atoms with Crippen LogP contribution in [0.1, 0.15) is 12.0 Å². The van der Waals surface area contributed by atoms with Gasteiger partial charge in [-0.1, -0.05) is 54.1 Å². The van der Waals surface area contributed by atoms with Crippen molar-refractivity contribution in [2.75, 3.05) is 25.1 Å². The standard InChI is InChI=1S/C17H20ClNO/c18-16-10-4-5-11-17(16)19-12-14-20-13-6-9-15-7-2-1-3-8-15/h1-5,7-8,10-11,19H,6,9,12-14H2. The molecule has 0 aromatic heterocycles. The molecule has 0 radical (unpaired) electrons. The van der Waals surface area contributed by atoms with Gasteiger partial charge in [0, 0.05) is 13.2 Å². The molecular weight excluding hydrogens is 270 g/mol. The van der Waals surface area contributed by atoms with Crippen molar-refractivity contribution < 1.29 is 4.74 Å². The van der Waals surface area contributed by atoms with Gasteiger partial charge in [0.05, 0.1) is 17.3 Å². The van der Waals surface area contributed by atoms with E-state index in [1.165, 1.54) is 5.56 Å². The third kappa shape index (κ3) is 5.24. The lowest BCUT2D eigenvalue weighted by Gasteiger charge is -2.08. The molecular formula is C17H20ClNO. The molecule has 0 atom stereocenters. The van der Waals surface area contributed by atoms with Crippen LogP contribution < -0.4 is 5.32 Å². The molecule has 0 unspecified atom stereocenters. The molecule has 2 aromatic rings. The van der Waals surface area contributed by atoms with Gasteiger partial charge in [-0.25, -0.2) is 0 Å². The van der Waals surface area contributed by atoms with Crippen molar-refractivity contribution in [3.63, 3.8) is 0 Å². The molecule has 0 aliphatic heterocycles. The molecule has 106 valence electrons. The zero-order valence-corrected chi connectivity index (χ0v) is 12.3. The second-order valence-corrected chi connectivity index (χ2v) is 5.02. The number of halogens is 1. The molecule has 3 heteroatoms. The van der Waals surface area contributed by atoms with Gasteiger partial charge < -0.3 is 10.1 Å². The molecule has 1 N–H and O–H groups in total. The predicted octanol–water partition coefficient (Wildman–Crippen LogP) is 4.40. The zero-order valence-electron chi connectivity index (χ0n) is 11.5. The monoisotopic (exact) mass is 289 g/mol. The van der Waals surface area contributed by atoms with Gasteiger partial charge in [0.25, 0.3) is 0 Å². The lowest BCUT2D eigenvalue weighted by molar-refractivity contribution is 0.141. The first-order chi connectivity index (χ1) is 9.86. The second-order valence-electron chi connectivity index (χ2n) is 4.61. The summed E-state index contributed by atoms with van der Waals surface area (Å²) in [5.41, 5.74) is 2.33. The van der Waals surface area contributed by atoms with E-state index in [1.807, 2.05) is 30.3 Å². The molecule has 0 bridgehead atoms.